The largest absolute Gasteiger partial charge is 0.319 e. The molecule has 0 bridgehead atoms. The summed E-state index contributed by atoms with van der Waals surface area (Å²) >= 11 is 0. The molecule has 1 saturated carbocycles. The van der Waals surface area contributed by atoms with Crippen molar-refractivity contribution < 1.29 is 0 Å². The molecule has 0 amide bonds. The Bertz CT molecular complexity index is 352. The maximum Gasteiger partial charge on any atom is 0.0205 e. The SMILES string of the molecule is CCCc1ccc(CNCC2(CNC)CC2)cc1. The lowest BCUT2D eigenvalue weighted by Gasteiger charge is -2.15. The molecule has 0 aliphatic heterocycles. The van der Waals surface area contributed by atoms with Crippen LogP contribution in [0.2, 0.25) is 0 Å². The van der Waals surface area contributed by atoms with Crippen molar-refractivity contribution in [1.29, 1.82) is 0 Å². The molecule has 1 aromatic rings. The fraction of sp³-hybridized carbons (Fsp3) is 0.625. The molecule has 0 saturated heterocycles. The summed E-state index contributed by atoms with van der Waals surface area (Å²) in [5.74, 6) is 0. The van der Waals surface area contributed by atoms with Crippen molar-refractivity contribution in [2.24, 2.45) is 5.41 Å². The molecule has 0 radical (unpaired) electrons. The summed E-state index contributed by atoms with van der Waals surface area (Å²) in [6.07, 6.45) is 5.16. The van der Waals surface area contributed by atoms with E-state index in [1.165, 1.54) is 36.8 Å². The normalized spacial score (nSPS) is 16.8. The Balaban J connectivity index is 1.73. The fourth-order valence-electron chi connectivity index (χ4n) is 2.55. The lowest BCUT2D eigenvalue weighted by Crippen LogP contribution is -2.31. The van der Waals surface area contributed by atoms with Gasteiger partial charge in [-0.05, 0) is 42.9 Å². The maximum absolute atomic E-state index is 3.60. The minimum atomic E-state index is 0.552. The molecule has 18 heavy (non-hydrogen) atoms. The lowest BCUT2D eigenvalue weighted by molar-refractivity contribution is 0.438. The molecule has 2 rings (SSSR count). The first-order valence-corrected chi connectivity index (χ1v) is 7.21. The van der Waals surface area contributed by atoms with Gasteiger partial charge < -0.3 is 10.6 Å². The van der Waals surface area contributed by atoms with Crippen LogP contribution in [0.1, 0.15) is 37.3 Å². The van der Waals surface area contributed by atoms with E-state index in [-0.39, 0.29) is 0 Å². The molecular weight excluding hydrogens is 220 g/mol. The van der Waals surface area contributed by atoms with Crippen LogP contribution in [0, 0.1) is 5.41 Å². The van der Waals surface area contributed by atoms with Gasteiger partial charge in [0.2, 0.25) is 0 Å². The van der Waals surface area contributed by atoms with Crippen molar-refractivity contribution in [3.05, 3.63) is 35.4 Å². The van der Waals surface area contributed by atoms with Gasteiger partial charge in [-0.15, -0.1) is 0 Å². The first-order chi connectivity index (χ1) is 8.78. The van der Waals surface area contributed by atoms with E-state index in [1.54, 1.807) is 0 Å². The Kier molecular flexibility index (Phi) is 4.79. The van der Waals surface area contributed by atoms with E-state index in [2.05, 4.69) is 41.8 Å². The molecule has 100 valence electrons. The monoisotopic (exact) mass is 246 g/mol. The average molecular weight is 246 g/mol. The van der Waals surface area contributed by atoms with Crippen LogP contribution >= 0.6 is 0 Å². The summed E-state index contributed by atoms with van der Waals surface area (Å²) in [6.45, 7) is 5.52. The molecule has 0 heterocycles. The van der Waals surface area contributed by atoms with Gasteiger partial charge in [0.05, 0.1) is 0 Å². The number of benzene rings is 1. The molecule has 2 heteroatoms. The van der Waals surface area contributed by atoms with E-state index in [0.29, 0.717) is 5.41 Å². The minimum absolute atomic E-state index is 0.552. The van der Waals surface area contributed by atoms with Crippen LogP contribution in [0.3, 0.4) is 0 Å². The van der Waals surface area contributed by atoms with Crippen molar-refractivity contribution in [3.8, 4) is 0 Å². The molecule has 0 atom stereocenters. The quantitative estimate of drug-likeness (QED) is 0.737. The average Bonchev–Trinajstić information content (AvgIpc) is 3.12. The molecule has 0 unspecified atom stereocenters. The number of hydrogen-bond donors (Lipinski definition) is 2. The Morgan fingerprint density at radius 3 is 2.28 bits per heavy atom. The van der Waals surface area contributed by atoms with Crippen molar-refractivity contribution in [2.45, 2.75) is 39.2 Å². The first-order valence-electron chi connectivity index (χ1n) is 7.21. The van der Waals surface area contributed by atoms with Crippen LogP contribution in [0.15, 0.2) is 24.3 Å². The highest BCUT2D eigenvalue weighted by Gasteiger charge is 2.41. The van der Waals surface area contributed by atoms with Crippen molar-refractivity contribution >= 4 is 0 Å². The third-order valence-corrected chi connectivity index (χ3v) is 3.90. The molecule has 2 nitrogen and oxygen atoms in total. The van der Waals surface area contributed by atoms with Crippen molar-refractivity contribution in [3.63, 3.8) is 0 Å². The van der Waals surface area contributed by atoms with Gasteiger partial charge in [-0.3, -0.25) is 0 Å². The van der Waals surface area contributed by atoms with E-state index in [0.717, 1.165) is 19.6 Å². The predicted octanol–water partition coefficient (Wildman–Crippen LogP) is 2.73. The van der Waals surface area contributed by atoms with Gasteiger partial charge in [-0.2, -0.15) is 0 Å². The summed E-state index contributed by atoms with van der Waals surface area (Å²) in [4.78, 5) is 0. The Morgan fingerprint density at radius 2 is 1.72 bits per heavy atom. The lowest BCUT2D eigenvalue weighted by atomic mass is 10.1. The predicted molar refractivity (Wildman–Crippen MR) is 77.7 cm³/mol. The van der Waals surface area contributed by atoms with Gasteiger partial charge in [0.25, 0.3) is 0 Å². The zero-order valence-corrected chi connectivity index (χ0v) is 11.8. The molecule has 1 aliphatic rings. The number of rotatable bonds is 8. The molecule has 1 aromatic carbocycles. The third-order valence-electron chi connectivity index (χ3n) is 3.90. The standard InChI is InChI=1S/C16H26N2/c1-3-4-14-5-7-15(8-6-14)11-18-13-16(9-10-16)12-17-2/h5-8,17-18H,3-4,9-13H2,1-2H3. The summed E-state index contributed by atoms with van der Waals surface area (Å²) in [6, 6.07) is 9.05. The van der Waals surface area contributed by atoms with Gasteiger partial charge >= 0.3 is 0 Å². The van der Waals surface area contributed by atoms with Crippen molar-refractivity contribution in [1.82, 2.24) is 10.6 Å². The Hall–Kier alpha value is -0.860. The van der Waals surface area contributed by atoms with Gasteiger partial charge in [0.15, 0.2) is 0 Å². The van der Waals surface area contributed by atoms with Crippen LogP contribution < -0.4 is 10.6 Å². The van der Waals surface area contributed by atoms with Crippen LogP contribution in [-0.4, -0.2) is 20.1 Å². The zero-order valence-electron chi connectivity index (χ0n) is 11.8. The molecule has 0 spiro atoms. The summed E-state index contributed by atoms with van der Waals surface area (Å²) in [5, 5.41) is 6.90. The van der Waals surface area contributed by atoms with Gasteiger partial charge in [-0.1, -0.05) is 37.6 Å². The molecule has 1 aliphatic carbocycles. The molecule has 0 aromatic heterocycles. The molecular formula is C16H26N2. The smallest absolute Gasteiger partial charge is 0.0205 e. The topological polar surface area (TPSA) is 24.1 Å². The second kappa shape index (κ2) is 6.35. The van der Waals surface area contributed by atoms with Gasteiger partial charge in [-0.25, -0.2) is 0 Å². The van der Waals surface area contributed by atoms with E-state index < -0.39 is 0 Å². The van der Waals surface area contributed by atoms with E-state index in [9.17, 15) is 0 Å². The Labute approximate surface area is 111 Å². The second-order valence-corrected chi connectivity index (χ2v) is 5.70. The van der Waals surface area contributed by atoms with Crippen LogP contribution in [-0.2, 0) is 13.0 Å². The fourth-order valence-corrected chi connectivity index (χ4v) is 2.55. The second-order valence-electron chi connectivity index (χ2n) is 5.70. The molecule has 2 N–H and O–H groups in total. The number of aryl methyl sites for hydroxylation is 1. The van der Waals surface area contributed by atoms with Crippen molar-refractivity contribution in [2.75, 3.05) is 20.1 Å². The third kappa shape index (κ3) is 3.82. The van der Waals surface area contributed by atoms with Crippen LogP contribution in [0.25, 0.3) is 0 Å². The highest BCUT2D eigenvalue weighted by Crippen LogP contribution is 2.44. The highest BCUT2D eigenvalue weighted by atomic mass is 14.9. The number of hydrogen-bond acceptors (Lipinski definition) is 2. The van der Waals surface area contributed by atoms with Gasteiger partial charge in [0, 0.05) is 19.6 Å². The highest BCUT2D eigenvalue weighted by molar-refractivity contribution is 5.22. The number of nitrogens with one attached hydrogen (secondary N) is 2. The minimum Gasteiger partial charge on any atom is -0.319 e. The van der Waals surface area contributed by atoms with E-state index in [4.69, 9.17) is 0 Å². The van der Waals surface area contributed by atoms with Crippen LogP contribution in [0.4, 0.5) is 0 Å². The first kappa shape index (κ1) is 13.6. The van der Waals surface area contributed by atoms with Crippen LogP contribution in [0.5, 0.6) is 0 Å². The van der Waals surface area contributed by atoms with E-state index in [1.807, 2.05) is 7.05 Å². The molecule has 1 fully saturated rings. The summed E-state index contributed by atoms with van der Waals surface area (Å²) < 4.78 is 0. The zero-order chi connectivity index (χ0) is 12.8. The van der Waals surface area contributed by atoms with E-state index >= 15 is 0 Å². The maximum atomic E-state index is 3.60. The summed E-state index contributed by atoms with van der Waals surface area (Å²) in [5.41, 5.74) is 3.40. The Morgan fingerprint density at radius 1 is 1.06 bits per heavy atom. The van der Waals surface area contributed by atoms with Gasteiger partial charge in [0.1, 0.15) is 0 Å². The summed E-state index contributed by atoms with van der Waals surface area (Å²) in [7, 11) is 2.05.